The molecule has 0 saturated heterocycles. The lowest BCUT2D eigenvalue weighted by molar-refractivity contribution is -0.137. The highest BCUT2D eigenvalue weighted by molar-refractivity contribution is 5.85. The normalized spacial score (nSPS) is 13.3. The number of carbonyl (C=O) groups is 1. The van der Waals surface area contributed by atoms with Crippen LogP contribution in [0, 0.1) is 0 Å². The molecule has 0 aliphatic carbocycles. The molecule has 0 aliphatic rings. The Bertz CT molecular complexity index is 876. The molecule has 148 valence electrons. The van der Waals surface area contributed by atoms with Gasteiger partial charge >= 0.3 is 0 Å². The number of amides is 1. The fraction of sp³-hybridized carbons (Fsp3) is 0.526. The minimum absolute atomic E-state index is 0.165. The predicted molar refractivity (Wildman–Crippen MR) is 104 cm³/mol. The summed E-state index contributed by atoms with van der Waals surface area (Å²) in [6, 6.07) is 3.24. The van der Waals surface area contributed by atoms with Crippen molar-refractivity contribution >= 4 is 16.8 Å². The van der Waals surface area contributed by atoms with Crippen molar-refractivity contribution in [3.63, 3.8) is 0 Å². The molecule has 1 aromatic heterocycles. The van der Waals surface area contributed by atoms with E-state index >= 15 is 0 Å². The van der Waals surface area contributed by atoms with Gasteiger partial charge in [-0.15, -0.1) is 0 Å². The molecule has 0 bridgehead atoms. The van der Waals surface area contributed by atoms with Gasteiger partial charge in [-0.25, -0.2) is 4.98 Å². The number of hydrogen-bond donors (Lipinski definition) is 2. The summed E-state index contributed by atoms with van der Waals surface area (Å²) < 4.78 is 10.5. The summed E-state index contributed by atoms with van der Waals surface area (Å²) in [4.78, 5) is 34.1. The Morgan fingerprint density at radius 3 is 2.44 bits per heavy atom. The first kappa shape index (κ1) is 20.7. The maximum absolute atomic E-state index is 12.8. The molecule has 2 aromatic rings. The summed E-state index contributed by atoms with van der Waals surface area (Å²) in [7, 11) is 3.02. The summed E-state index contributed by atoms with van der Waals surface area (Å²) in [5.41, 5.74) is 5.40. The average molecular weight is 376 g/mol. The molecule has 0 fully saturated rings. The second-order valence-electron chi connectivity index (χ2n) is 6.72. The third-order valence-corrected chi connectivity index (χ3v) is 4.53. The van der Waals surface area contributed by atoms with Crippen LogP contribution in [0.15, 0.2) is 16.9 Å². The molecule has 1 atom stereocenters. The lowest BCUT2D eigenvalue weighted by Crippen LogP contribution is -2.53. The van der Waals surface area contributed by atoms with Gasteiger partial charge in [0.1, 0.15) is 5.82 Å². The van der Waals surface area contributed by atoms with Crippen molar-refractivity contribution in [2.45, 2.75) is 45.7 Å². The topological polar surface area (TPSA) is 111 Å². The summed E-state index contributed by atoms with van der Waals surface area (Å²) in [5, 5.41) is 0.389. The first-order valence-corrected chi connectivity index (χ1v) is 9.00. The number of ether oxygens (including phenoxy) is 2. The zero-order chi connectivity index (χ0) is 20.2. The quantitative estimate of drug-likeness (QED) is 0.727. The van der Waals surface area contributed by atoms with Crippen LogP contribution in [0.4, 0.5) is 0 Å². The number of fused-ring (bicyclic) bond motifs is 1. The predicted octanol–water partition coefficient (Wildman–Crippen LogP) is 1.81. The molecule has 0 aliphatic heterocycles. The second kappa shape index (κ2) is 8.39. The standard InChI is InChI=1S/C19H28N4O4/c1-6-8-19(3,20)18(25)23(7-2)11-16-21-13-10-15(27-5)14(26-4)9-12(13)17(24)22-16/h9-10H,6-8,11,20H2,1-5H3,(H,21,22,24). The number of rotatable bonds is 8. The van der Waals surface area contributed by atoms with Crippen LogP contribution in [0.2, 0.25) is 0 Å². The van der Waals surface area contributed by atoms with Gasteiger partial charge in [0.15, 0.2) is 11.5 Å². The maximum Gasteiger partial charge on any atom is 0.258 e. The highest BCUT2D eigenvalue weighted by Crippen LogP contribution is 2.30. The Labute approximate surface area is 158 Å². The Morgan fingerprint density at radius 2 is 1.89 bits per heavy atom. The highest BCUT2D eigenvalue weighted by Gasteiger charge is 2.31. The van der Waals surface area contributed by atoms with E-state index in [4.69, 9.17) is 15.2 Å². The molecule has 8 nitrogen and oxygen atoms in total. The van der Waals surface area contributed by atoms with Crippen molar-refractivity contribution in [2.75, 3.05) is 20.8 Å². The van der Waals surface area contributed by atoms with E-state index in [0.29, 0.717) is 41.2 Å². The lowest BCUT2D eigenvalue weighted by Gasteiger charge is -2.30. The van der Waals surface area contributed by atoms with Crippen molar-refractivity contribution in [3.8, 4) is 11.5 Å². The molecule has 1 amide bonds. The fourth-order valence-corrected chi connectivity index (χ4v) is 3.08. The molecule has 0 saturated carbocycles. The number of benzene rings is 1. The van der Waals surface area contributed by atoms with E-state index in [1.807, 2.05) is 13.8 Å². The van der Waals surface area contributed by atoms with Gasteiger partial charge in [0.25, 0.3) is 5.56 Å². The number of H-pyrrole nitrogens is 1. The monoisotopic (exact) mass is 376 g/mol. The Balaban J connectivity index is 2.40. The van der Waals surface area contributed by atoms with Gasteiger partial charge in [-0.2, -0.15) is 0 Å². The molecule has 0 radical (unpaired) electrons. The van der Waals surface area contributed by atoms with Crippen LogP contribution in [0.1, 0.15) is 39.4 Å². The number of methoxy groups -OCH3 is 2. The van der Waals surface area contributed by atoms with Gasteiger partial charge in [0.2, 0.25) is 5.91 Å². The van der Waals surface area contributed by atoms with Crippen LogP contribution in [0.3, 0.4) is 0 Å². The third-order valence-electron chi connectivity index (χ3n) is 4.53. The van der Waals surface area contributed by atoms with E-state index in [0.717, 1.165) is 6.42 Å². The number of nitrogens with zero attached hydrogens (tertiary/aromatic N) is 2. The number of aromatic nitrogens is 2. The Kier molecular flexibility index (Phi) is 6.43. The van der Waals surface area contributed by atoms with Gasteiger partial charge < -0.3 is 25.1 Å². The van der Waals surface area contributed by atoms with E-state index in [9.17, 15) is 9.59 Å². The smallest absolute Gasteiger partial charge is 0.258 e. The molecule has 1 unspecified atom stereocenters. The van der Waals surface area contributed by atoms with Crippen LogP contribution < -0.4 is 20.8 Å². The minimum atomic E-state index is -0.946. The first-order valence-electron chi connectivity index (χ1n) is 9.00. The van der Waals surface area contributed by atoms with Crippen LogP contribution in [0.5, 0.6) is 11.5 Å². The summed E-state index contributed by atoms with van der Waals surface area (Å²) >= 11 is 0. The van der Waals surface area contributed by atoms with E-state index < -0.39 is 5.54 Å². The Hall–Kier alpha value is -2.61. The van der Waals surface area contributed by atoms with Gasteiger partial charge in [0, 0.05) is 12.6 Å². The van der Waals surface area contributed by atoms with Crippen molar-refractivity contribution in [1.29, 1.82) is 0 Å². The van der Waals surface area contributed by atoms with E-state index in [1.54, 1.807) is 24.0 Å². The molecule has 0 spiro atoms. The number of carbonyl (C=O) groups excluding carboxylic acids is 1. The number of nitrogens with one attached hydrogen (secondary N) is 1. The first-order chi connectivity index (χ1) is 12.8. The highest BCUT2D eigenvalue weighted by atomic mass is 16.5. The summed E-state index contributed by atoms with van der Waals surface area (Å²) in [6.07, 6.45) is 1.39. The molecule has 3 N–H and O–H groups in total. The van der Waals surface area contributed by atoms with Gasteiger partial charge in [-0.3, -0.25) is 9.59 Å². The van der Waals surface area contributed by atoms with E-state index in [-0.39, 0.29) is 18.0 Å². The fourth-order valence-electron chi connectivity index (χ4n) is 3.08. The van der Waals surface area contributed by atoms with Crippen molar-refractivity contribution in [2.24, 2.45) is 5.73 Å². The molecular weight excluding hydrogens is 348 g/mol. The zero-order valence-electron chi connectivity index (χ0n) is 16.6. The summed E-state index contributed by atoms with van der Waals surface area (Å²) in [5.74, 6) is 1.16. The molecule has 2 rings (SSSR count). The van der Waals surface area contributed by atoms with Crippen molar-refractivity contribution in [1.82, 2.24) is 14.9 Å². The second-order valence-corrected chi connectivity index (χ2v) is 6.72. The number of hydrogen-bond acceptors (Lipinski definition) is 6. The SMILES string of the molecule is CCCC(C)(N)C(=O)N(CC)Cc1nc2cc(OC)c(OC)cc2c(=O)[nH]1. The van der Waals surface area contributed by atoms with Crippen LogP contribution in [0.25, 0.3) is 10.9 Å². The van der Waals surface area contributed by atoms with Gasteiger partial charge in [0.05, 0.1) is 37.2 Å². The van der Waals surface area contributed by atoms with Gasteiger partial charge in [-0.1, -0.05) is 13.3 Å². The Morgan fingerprint density at radius 1 is 1.26 bits per heavy atom. The molecule has 1 heterocycles. The molecule has 1 aromatic carbocycles. The molecule has 8 heteroatoms. The molecular formula is C19H28N4O4. The minimum Gasteiger partial charge on any atom is -0.493 e. The van der Waals surface area contributed by atoms with Crippen molar-refractivity contribution < 1.29 is 14.3 Å². The third kappa shape index (κ3) is 4.39. The van der Waals surface area contributed by atoms with Gasteiger partial charge in [-0.05, 0) is 26.3 Å². The number of nitrogens with two attached hydrogens (primary N) is 1. The maximum atomic E-state index is 12.8. The lowest BCUT2D eigenvalue weighted by atomic mass is 9.95. The zero-order valence-corrected chi connectivity index (χ0v) is 16.6. The molecule has 27 heavy (non-hydrogen) atoms. The van der Waals surface area contributed by atoms with E-state index in [2.05, 4.69) is 9.97 Å². The largest absolute Gasteiger partial charge is 0.493 e. The summed E-state index contributed by atoms with van der Waals surface area (Å²) in [6.45, 7) is 6.22. The van der Waals surface area contributed by atoms with Crippen LogP contribution in [-0.2, 0) is 11.3 Å². The van der Waals surface area contributed by atoms with Crippen LogP contribution in [-0.4, -0.2) is 47.1 Å². The van der Waals surface area contributed by atoms with Crippen LogP contribution >= 0.6 is 0 Å². The van der Waals surface area contributed by atoms with Crippen molar-refractivity contribution in [3.05, 3.63) is 28.3 Å². The van der Waals surface area contributed by atoms with E-state index in [1.165, 1.54) is 14.2 Å². The average Bonchev–Trinajstić information content (AvgIpc) is 2.64. The number of aromatic amines is 1. The number of likely N-dealkylation sites (N-methyl/N-ethyl adjacent to an activating group) is 1.